The molecular weight excluding hydrogens is 260 g/mol. The zero-order valence-electron chi connectivity index (χ0n) is 11.6. The molecule has 5 nitrogen and oxygen atoms in total. The summed E-state index contributed by atoms with van der Waals surface area (Å²) in [5.74, 6) is 1.18. The van der Waals surface area contributed by atoms with E-state index in [1.54, 1.807) is 33.1 Å². The Hall–Kier alpha value is -2.01. The Morgan fingerprint density at radius 3 is 2.80 bits per heavy atom. The molecule has 1 atom stereocenters. The molecule has 1 unspecified atom stereocenters. The first-order valence-electron chi connectivity index (χ1n) is 6.43. The number of hydrogen-bond donors (Lipinski definition) is 1. The summed E-state index contributed by atoms with van der Waals surface area (Å²) in [4.78, 5) is 11.5. The SMILES string of the molecule is COc1cc2c(c3oc(=O)ccc13)CC(C(C)(C)O)O2. The highest BCUT2D eigenvalue weighted by atomic mass is 16.5. The van der Waals surface area contributed by atoms with Gasteiger partial charge in [0.25, 0.3) is 0 Å². The Labute approximate surface area is 115 Å². The first-order valence-corrected chi connectivity index (χ1v) is 6.43. The van der Waals surface area contributed by atoms with Crippen LogP contribution in [-0.4, -0.2) is 23.9 Å². The van der Waals surface area contributed by atoms with Crippen LogP contribution in [0.5, 0.6) is 11.5 Å². The van der Waals surface area contributed by atoms with E-state index in [0.717, 1.165) is 10.9 Å². The highest BCUT2D eigenvalue weighted by molar-refractivity contribution is 5.88. The largest absolute Gasteiger partial charge is 0.496 e. The molecule has 1 aromatic carbocycles. The van der Waals surface area contributed by atoms with Gasteiger partial charge in [0.1, 0.15) is 23.2 Å². The fourth-order valence-electron chi connectivity index (χ4n) is 2.47. The second-order valence-electron chi connectivity index (χ2n) is 5.52. The van der Waals surface area contributed by atoms with Gasteiger partial charge in [0.2, 0.25) is 0 Å². The third-order valence-electron chi connectivity index (χ3n) is 3.60. The summed E-state index contributed by atoms with van der Waals surface area (Å²) < 4.78 is 16.4. The van der Waals surface area contributed by atoms with Crippen molar-refractivity contribution in [2.75, 3.05) is 7.11 Å². The fraction of sp³-hybridized carbons (Fsp3) is 0.400. The number of hydrogen-bond acceptors (Lipinski definition) is 5. The average molecular weight is 276 g/mol. The molecule has 1 aliphatic rings. The van der Waals surface area contributed by atoms with Crippen LogP contribution in [-0.2, 0) is 6.42 Å². The number of ether oxygens (including phenoxy) is 2. The van der Waals surface area contributed by atoms with E-state index < -0.39 is 11.2 Å². The van der Waals surface area contributed by atoms with Gasteiger partial charge in [-0.15, -0.1) is 0 Å². The van der Waals surface area contributed by atoms with Gasteiger partial charge in [0, 0.05) is 24.1 Å². The molecule has 1 aliphatic heterocycles. The van der Waals surface area contributed by atoms with Gasteiger partial charge in [-0.3, -0.25) is 0 Å². The molecule has 2 heterocycles. The Morgan fingerprint density at radius 1 is 1.40 bits per heavy atom. The summed E-state index contributed by atoms with van der Waals surface area (Å²) in [6.07, 6.45) is 0.116. The quantitative estimate of drug-likeness (QED) is 0.848. The fourth-order valence-corrected chi connectivity index (χ4v) is 2.47. The highest BCUT2D eigenvalue weighted by Crippen LogP contribution is 2.41. The van der Waals surface area contributed by atoms with E-state index in [0.29, 0.717) is 23.5 Å². The molecule has 0 saturated heterocycles. The third kappa shape index (κ3) is 1.94. The van der Waals surface area contributed by atoms with E-state index in [-0.39, 0.29) is 6.10 Å². The van der Waals surface area contributed by atoms with Crippen molar-refractivity contribution in [1.82, 2.24) is 0 Å². The molecule has 1 aromatic heterocycles. The monoisotopic (exact) mass is 276 g/mol. The minimum atomic E-state index is -0.979. The summed E-state index contributed by atoms with van der Waals surface area (Å²) in [7, 11) is 1.55. The van der Waals surface area contributed by atoms with Crippen LogP contribution in [0.15, 0.2) is 27.4 Å². The number of fused-ring (bicyclic) bond motifs is 3. The maximum atomic E-state index is 11.5. The van der Waals surface area contributed by atoms with Crippen LogP contribution in [0.4, 0.5) is 0 Å². The molecule has 0 bridgehead atoms. The van der Waals surface area contributed by atoms with Gasteiger partial charge in [-0.1, -0.05) is 0 Å². The molecule has 20 heavy (non-hydrogen) atoms. The van der Waals surface area contributed by atoms with Gasteiger partial charge in [-0.25, -0.2) is 4.79 Å². The maximum absolute atomic E-state index is 11.5. The van der Waals surface area contributed by atoms with Crippen LogP contribution < -0.4 is 15.1 Å². The van der Waals surface area contributed by atoms with Crippen molar-refractivity contribution >= 4 is 11.0 Å². The van der Waals surface area contributed by atoms with Crippen molar-refractivity contribution < 1.29 is 19.0 Å². The lowest BCUT2D eigenvalue weighted by atomic mass is 9.96. The summed E-state index contributed by atoms with van der Waals surface area (Å²) in [5, 5.41) is 10.8. The molecule has 2 aromatic rings. The second-order valence-corrected chi connectivity index (χ2v) is 5.52. The lowest BCUT2D eigenvalue weighted by molar-refractivity contribution is -0.0229. The van der Waals surface area contributed by atoms with Crippen molar-refractivity contribution in [3.63, 3.8) is 0 Å². The first-order chi connectivity index (χ1) is 9.40. The molecule has 0 amide bonds. The second kappa shape index (κ2) is 4.24. The van der Waals surface area contributed by atoms with E-state index >= 15 is 0 Å². The van der Waals surface area contributed by atoms with Crippen molar-refractivity contribution in [3.8, 4) is 11.5 Å². The van der Waals surface area contributed by atoms with Crippen LogP contribution in [0.2, 0.25) is 0 Å². The molecule has 3 rings (SSSR count). The molecule has 0 radical (unpaired) electrons. The van der Waals surface area contributed by atoms with Crippen LogP contribution in [0.25, 0.3) is 11.0 Å². The number of benzene rings is 1. The minimum Gasteiger partial charge on any atom is -0.496 e. The normalized spacial score (nSPS) is 17.9. The van der Waals surface area contributed by atoms with Crippen LogP contribution >= 0.6 is 0 Å². The lowest BCUT2D eigenvalue weighted by Gasteiger charge is -2.24. The van der Waals surface area contributed by atoms with E-state index in [2.05, 4.69) is 0 Å². The smallest absolute Gasteiger partial charge is 0.336 e. The minimum absolute atomic E-state index is 0.377. The van der Waals surface area contributed by atoms with Gasteiger partial charge in [0.05, 0.1) is 18.1 Å². The van der Waals surface area contributed by atoms with Gasteiger partial charge < -0.3 is 19.0 Å². The molecule has 0 aliphatic carbocycles. The zero-order chi connectivity index (χ0) is 14.5. The third-order valence-corrected chi connectivity index (χ3v) is 3.60. The Morgan fingerprint density at radius 2 is 2.15 bits per heavy atom. The number of aliphatic hydroxyl groups is 1. The molecule has 1 N–H and O–H groups in total. The average Bonchev–Trinajstić information content (AvgIpc) is 2.81. The zero-order valence-corrected chi connectivity index (χ0v) is 11.6. The predicted molar refractivity (Wildman–Crippen MR) is 73.5 cm³/mol. The maximum Gasteiger partial charge on any atom is 0.336 e. The summed E-state index contributed by atoms with van der Waals surface area (Å²) in [5.41, 5.74) is -0.128. The van der Waals surface area contributed by atoms with E-state index in [1.165, 1.54) is 6.07 Å². The van der Waals surface area contributed by atoms with Gasteiger partial charge in [-0.2, -0.15) is 0 Å². The van der Waals surface area contributed by atoms with Crippen LogP contribution in [0.1, 0.15) is 19.4 Å². The van der Waals surface area contributed by atoms with Gasteiger partial charge in [-0.05, 0) is 19.9 Å². The standard InChI is InChI=1S/C15H16O5/c1-15(2,17)12-6-9-11(19-12)7-10(18-3)8-4-5-13(16)20-14(8)9/h4-5,7,12,17H,6H2,1-3H3. The van der Waals surface area contributed by atoms with Gasteiger partial charge >= 0.3 is 5.63 Å². The van der Waals surface area contributed by atoms with Gasteiger partial charge in [0.15, 0.2) is 0 Å². The van der Waals surface area contributed by atoms with Crippen molar-refractivity contribution in [2.45, 2.75) is 32.0 Å². The Bertz CT molecular complexity index is 723. The topological polar surface area (TPSA) is 68.9 Å². The molecule has 0 spiro atoms. The van der Waals surface area contributed by atoms with Crippen molar-refractivity contribution in [3.05, 3.63) is 34.2 Å². The van der Waals surface area contributed by atoms with Crippen LogP contribution in [0, 0.1) is 0 Å². The molecule has 0 fully saturated rings. The van der Waals surface area contributed by atoms with Crippen LogP contribution in [0.3, 0.4) is 0 Å². The highest BCUT2D eigenvalue weighted by Gasteiger charge is 2.37. The number of rotatable bonds is 2. The Kier molecular flexibility index (Phi) is 2.76. The first kappa shape index (κ1) is 13.0. The summed E-state index contributed by atoms with van der Waals surface area (Å²) in [6.45, 7) is 3.39. The molecule has 5 heteroatoms. The predicted octanol–water partition coefficient (Wildman–Crippen LogP) is 1.88. The number of methoxy groups -OCH3 is 1. The molecule has 106 valence electrons. The summed E-state index contributed by atoms with van der Waals surface area (Å²) >= 11 is 0. The summed E-state index contributed by atoms with van der Waals surface area (Å²) in [6, 6.07) is 4.81. The van der Waals surface area contributed by atoms with Crippen molar-refractivity contribution in [1.29, 1.82) is 0 Å². The van der Waals surface area contributed by atoms with Crippen molar-refractivity contribution in [2.24, 2.45) is 0 Å². The van der Waals surface area contributed by atoms with E-state index in [9.17, 15) is 9.90 Å². The molecule has 0 saturated carbocycles. The van der Waals surface area contributed by atoms with E-state index in [4.69, 9.17) is 13.9 Å². The Balaban J connectivity index is 2.23. The van der Waals surface area contributed by atoms with E-state index in [1.807, 2.05) is 0 Å². The molecular formula is C15H16O5. The lowest BCUT2D eigenvalue weighted by Crippen LogP contribution is -2.39.